The fourth-order valence-electron chi connectivity index (χ4n) is 3.66. The van der Waals surface area contributed by atoms with E-state index in [1.165, 1.54) is 11.8 Å². The standard InChI is InChI=1S/C23H22ClN5.C2H6/c1-14-8-7-9-17-12-20(15(2)27-22-19(24)13-26-23(25)28-22)29(16(3)21(14)17)18-10-5-4-6-11-18;1-2/h4-13,15H,3H2,1-2H3,(H3,25,26,27,28);1-2H3/t15-;/m0./s1. The highest BCUT2D eigenvalue weighted by molar-refractivity contribution is 6.32. The Morgan fingerprint density at radius 1 is 1.10 bits per heavy atom. The Kier molecular flexibility index (Phi) is 6.98. The number of nitrogens with zero attached hydrogens (tertiary/aromatic N) is 3. The summed E-state index contributed by atoms with van der Waals surface area (Å²) in [5.41, 5.74) is 12.2. The fraction of sp³-hybridized carbons (Fsp3) is 0.200. The van der Waals surface area contributed by atoms with Crippen LogP contribution in [0.25, 0.3) is 11.8 Å². The molecule has 2 heterocycles. The van der Waals surface area contributed by atoms with Crippen LogP contribution >= 0.6 is 11.6 Å². The minimum Gasteiger partial charge on any atom is -0.368 e. The Bertz CT molecular complexity index is 1110. The number of benzene rings is 2. The molecule has 4 rings (SSSR count). The lowest BCUT2D eigenvalue weighted by atomic mass is 9.92. The minimum atomic E-state index is -0.118. The van der Waals surface area contributed by atoms with E-state index in [2.05, 4.69) is 77.0 Å². The van der Waals surface area contributed by atoms with Gasteiger partial charge in [-0.1, -0.05) is 68.4 Å². The zero-order valence-corrected chi connectivity index (χ0v) is 19.1. The van der Waals surface area contributed by atoms with Crippen LogP contribution < -0.4 is 16.0 Å². The molecular weight excluding hydrogens is 406 g/mol. The number of hydrogen-bond acceptors (Lipinski definition) is 5. The molecule has 5 nitrogen and oxygen atoms in total. The maximum Gasteiger partial charge on any atom is 0.222 e. The lowest BCUT2D eigenvalue weighted by Crippen LogP contribution is -2.34. The van der Waals surface area contributed by atoms with Crippen molar-refractivity contribution in [2.45, 2.75) is 33.7 Å². The molecule has 0 aliphatic carbocycles. The predicted octanol–water partition coefficient (Wildman–Crippen LogP) is 6.38. The van der Waals surface area contributed by atoms with E-state index < -0.39 is 0 Å². The Morgan fingerprint density at radius 2 is 1.81 bits per heavy atom. The van der Waals surface area contributed by atoms with Crippen LogP contribution in [0.4, 0.5) is 17.5 Å². The number of para-hydroxylation sites is 1. The van der Waals surface area contributed by atoms with Crippen LogP contribution in [0.1, 0.15) is 37.5 Å². The molecule has 3 N–H and O–H groups in total. The van der Waals surface area contributed by atoms with Gasteiger partial charge in [-0.05, 0) is 43.2 Å². The molecule has 31 heavy (non-hydrogen) atoms. The number of aryl methyl sites for hydroxylation is 1. The zero-order valence-electron chi connectivity index (χ0n) is 18.4. The Balaban J connectivity index is 0.00000132. The van der Waals surface area contributed by atoms with Gasteiger partial charge in [-0.25, -0.2) is 4.98 Å². The number of nitrogens with one attached hydrogen (secondary N) is 1. The quantitative estimate of drug-likeness (QED) is 0.499. The van der Waals surface area contributed by atoms with Gasteiger partial charge in [0.05, 0.1) is 12.2 Å². The van der Waals surface area contributed by atoms with Crippen molar-refractivity contribution in [2.75, 3.05) is 16.0 Å². The predicted molar refractivity (Wildman–Crippen MR) is 133 cm³/mol. The number of fused-ring (bicyclic) bond motifs is 1. The molecule has 160 valence electrons. The molecule has 1 aromatic heterocycles. The second kappa shape index (κ2) is 9.67. The van der Waals surface area contributed by atoms with Crippen LogP contribution in [-0.2, 0) is 0 Å². The summed E-state index contributed by atoms with van der Waals surface area (Å²) in [6, 6.07) is 16.4. The molecule has 1 atom stereocenters. The first-order valence-corrected chi connectivity index (χ1v) is 10.7. The van der Waals surface area contributed by atoms with Crippen molar-refractivity contribution in [1.82, 2.24) is 9.97 Å². The molecule has 0 unspecified atom stereocenters. The fourth-order valence-corrected chi connectivity index (χ4v) is 3.80. The van der Waals surface area contributed by atoms with E-state index in [4.69, 9.17) is 17.3 Å². The SMILES string of the molecule is C=C1c2c(C)cccc2C=C([C@H](C)Nc2nc(N)ncc2Cl)N1c1ccccc1.CC. The van der Waals surface area contributed by atoms with E-state index in [9.17, 15) is 0 Å². The second-order valence-corrected chi connectivity index (χ2v) is 7.42. The number of halogens is 1. The lowest BCUT2D eigenvalue weighted by molar-refractivity contribution is 0.881. The first kappa shape index (κ1) is 22.4. The third-order valence-corrected chi connectivity index (χ3v) is 5.28. The van der Waals surface area contributed by atoms with E-state index in [0.29, 0.717) is 10.8 Å². The molecule has 3 aromatic rings. The third kappa shape index (κ3) is 4.57. The van der Waals surface area contributed by atoms with Gasteiger partial charge in [-0.2, -0.15) is 4.98 Å². The second-order valence-electron chi connectivity index (χ2n) is 7.02. The highest BCUT2D eigenvalue weighted by Gasteiger charge is 2.28. The van der Waals surface area contributed by atoms with Crippen molar-refractivity contribution in [3.8, 4) is 0 Å². The average molecular weight is 434 g/mol. The number of nitrogens with two attached hydrogens (primary N) is 1. The first-order chi connectivity index (χ1) is 15.0. The van der Waals surface area contributed by atoms with Crippen LogP contribution in [0.3, 0.4) is 0 Å². The summed E-state index contributed by atoms with van der Waals surface area (Å²) in [6.07, 6.45) is 3.68. The molecule has 0 bridgehead atoms. The zero-order chi connectivity index (χ0) is 22.5. The summed E-state index contributed by atoms with van der Waals surface area (Å²) in [7, 11) is 0. The Hall–Kier alpha value is -3.31. The minimum absolute atomic E-state index is 0.118. The molecule has 1 aliphatic rings. The van der Waals surface area contributed by atoms with Gasteiger partial charge >= 0.3 is 0 Å². The molecule has 2 aromatic carbocycles. The van der Waals surface area contributed by atoms with E-state index in [0.717, 1.165) is 28.2 Å². The average Bonchev–Trinajstić information content (AvgIpc) is 2.78. The third-order valence-electron chi connectivity index (χ3n) is 5.00. The van der Waals surface area contributed by atoms with Gasteiger partial charge in [0, 0.05) is 22.6 Å². The largest absolute Gasteiger partial charge is 0.368 e. The van der Waals surface area contributed by atoms with Crippen LogP contribution in [0.15, 0.2) is 67.0 Å². The monoisotopic (exact) mass is 433 g/mol. The Labute approximate surface area is 189 Å². The number of aromatic nitrogens is 2. The highest BCUT2D eigenvalue weighted by atomic mass is 35.5. The normalized spacial score (nSPS) is 13.5. The summed E-state index contributed by atoms with van der Waals surface area (Å²) in [6.45, 7) is 12.6. The van der Waals surface area contributed by atoms with Gasteiger partial charge in [0.2, 0.25) is 5.95 Å². The smallest absolute Gasteiger partial charge is 0.222 e. The Morgan fingerprint density at radius 3 is 2.52 bits per heavy atom. The molecule has 0 fully saturated rings. The van der Waals surface area contributed by atoms with Gasteiger partial charge in [-0.3, -0.25) is 0 Å². The molecule has 0 saturated carbocycles. The summed E-state index contributed by atoms with van der Waals surface area (Å²) in [4.78, 5) is 10.3. The van der Waals surface area contributed by atoms with Crippen molar-refractivity contribution in [2.24, 2.45) is 0 Å². The topological polar surface area (TPSA) is 67.1 Å². The van der Waals surface area contributed by atoms with Crippen LogP contribution in [0.2, 0.25) is 5.02 Å². The van der Waals surface area contributed by atoms with Gasteiger partial charge in [0.25, 0.3) is 0 Å². The molecule has 0 spiro atoms. The summed E-state index contributed by atoms with van der Waals surface area (Å²) in [5, 5.41) is 3.79. The number of nitrogen functional groups attached to an aromatic ring is 1. The molecule has 6 heteroatoms. The molecule has 0 amide bonds. The van der Waals surface area contributed by atoms with E-state index >= 15 is 0 Å². The van der Waals surface area contributed by atoms with E-state index in [-0.39, 0.29) is 12.0 Å². The van der Waals surface area contributed by atoms with Crippen LogP contribution in [-0.4, -0.2) is 16.0 Å². The molecule has 0 saturated heterocycles. The van der Waals surface area contributed by atoms with E-state index in [1.54, 1.807) is 0 Å². The van der Waals surface area contributed by atoms with Crippen molar-refractivity contribution in [3.05, 3.63) is 88.7 Å². The summed E-state index contributed by atoms with van der Waals surface area (Å²) >= 11 is 6.27. The lowest BCUT2D eigenvalue weighted by Gasteiger charge is -2.37. The summed E-state index contributed by atoms with van der Waals surface area (Å²) < 4.78 is 0. The molecule has 0 radical (unpaired) electrons. The van der Waals surface area contributed by atoms with Crippen molar-refractivity contribution in [3.63, 3.8) is 0 Å². The van der Waals surface area contributed by atoms with Crippen molar-refractivity contribution < 1.29 is 0 Å². The van der Waals surface area contributed by atoms with Crippen LogP contribution in [0, 0.1) is 6.92 Å². The van der Waals surface area contributed by atoms with Gasteiger partial charge < -0.3 is 16.0 Å². The molecule has 1 aliphatic heterocycles. The van der Waals surface area contributed by atoms with Crippen LogP contribution in [0.5, 0.6) is 0 Å². The van der Waals surface area contributed by atoms with Crippen molar-refractivity contribution in [1.29, 1.82) is 0 Å². The van der Waals surface area contributed by atoms with Crippen molar-refractivity contribution >= 4 is 40.8 Å². The number of hydrogen-bond donors (Lipinski definition) is 2. The molecular formula is C25H28ClN5. The van der Waals surface area contributed by atoms with Gasteiger partial charge in [-0.15, -0.1) is 0 Å². The van der Waals surface area contributed by atoms with Gasteiger partial charge in [0.1, 0.15) is 5.02 Å². The summed E-state index contributed by atoms with van der Waals surface area (Å²) in [5.74, 6) is 0.674. The number of rotatable bonds is 4. The maximum atomic E-state index is 6.27. The maximum absolute atomic E-state index is 6.27. The van der Waals surface area contributed by atoms with Gasteiger partial charge in [0.15, 0.2) is 5.82 Å². The van der Waals surface area contributed by atoms with E-state index in [1.807, 2.05) is 32.0 Å². The first-order valence-electron chi connectivity index (χ1n) is 10.4. The number of anilines is 3. The highest BCUT2D eigenvalue weighted by Crippen LogP contribution is 2.39.